The molecule has 0 saturated heterocycles. The number of ether oxygens (including phenoxy) is 1. The Hall–Kier alpha value is -0.530. The lowest BCUT2D eigenvalue weighted by Gasteiger charge is -2.33. The van der Waals surface area contributed by atoms with Crippen molar-refractivity contribution in [3.05, 3.63) is 0 Å². The number of methoxy groups -OCH3 is 1. The van der Waals surface area contributed by atoms with Crippen LogP contribution in [0.2, 0.25) is 0 Å². The number of hydrogen-bond acceptors (Lipinski definition) is 2. The minimum Gasteiger partial charge on any atom is -0.469 e. The molecule has 0 aromatic rings. The van der Waals surface area contributed by atoms with Crippen molar-refractivity contribution in [1.82, 2.24) is 0 Å². The van der Waals surface area contributed by atoms with Gasteiger partial charge in [-0.1, -0.05) is 41.0 Å². The van der Waals surface area contributed by atoms with Gasteiger partial charge in [0.1, 0.15) is 0 Å². The van der Waals surface area contributed by atoms with Gasteiger partial charge >= 0.3 is 5.97 Å². The molecule has 0 aliphatic rings. The summed E-state index contributed by atoms with van der Waals surface area (Å²) in [7, 11) is 1.45. The molecule has 0 bridgehead atoms. The Bertz CT molecular complexity index is 192. The highest BCUT2D eigenvalue weighted by molar-refractivity contribution is 5.69. The zero-order valence-corrected chi connectivity index (χ0v) is 10.4. The lowest BCUT2D eigenvalue weighted by Crippen LogP contribution is -2.25. The summed E-state index contributed by atoms with van der Waals surface area (Å²) < 4.78 is 4.70. The molecule has 0 aliphatic carbocycles. The topological polar surface area (TPSA) is 26.3 Å². The SMILES string of the molecule is CCC(C)(C)CC(C)(C)CC(=O)OC. The zero-order valence-electron chi connectivity index (χ0n) is 10.4. The van der Waals surface area contributed by atoms with Crippen molar-refractivity contribution in [3.8, 4) is 0 Å². The Morgan fingerprint density at radius 3 is 2.00 bits per heavy atom. The van der Waals surface area contributed by atoms with E-state index in [0.717, 1.165) is 12.8 Å². The average molecular weight is 200 g/mol. The first-order valence-corrected chi connectivity index (χ1v) is 5.29. The minimum absolute atomic E-state index is 0.0343. The highest BCUT2D eigenvalue weighted by Gasteiger charge is 2.29. The third-order valence-electron chi connectivity index (χ3n) is 2.76. The number of hydrogen-bond donors (Lipinski definition) is 0. The Labute approximate surface area is 88.0 Å². The van der Waals surface area contributed by atoms with E-state index < -0.39 is 0 Å². The first-order chi connectivity index (χ1) is 6.22. The fourth-order valence-corrected chi connectivity index (χ4v) is 1.95. The second-order valence-electron chi connectivity index (χ2n) is 5.61. The molecule has 0 spiro atoms. The standard InChI is InChI=1S/C12H24O2/c1-7-11(2,3)9-12(4,5)8-10(13)14-6/h7-9H2,1-6H3. The lowest BCUT2D eigenvalue weighted by atomic mass is 9.72. The first kappa shape index (κ1) is 13.5. The van der Waals surface area contributed by atoms with Crippen LogP contribution >= 0.6 is 0 Å². The van der Waals surface area contributed by atoms with E-state index in [1.165, 1.54) is 7.11 Å². The van der Waals surface area contributed by atoms with Gasteiger partial charge in [-0.05, 0) is 17.3 Å². The van der Waals surface area contributed by atoms with Crippen molar-refractivity contribution in [2.45, 2.75) is 53.9 Å². The Morgan fingerprint density at radius 1 is 1.14 bits per heavy atom. The molecule has 0 atom stereocenters. The van der Waals surface area contributed by atoms with Gasteiger partial charge in [0.2, 0.25) is 0 Å². The summed E-state index contributed by atoms with van der Waals surface area (Å²) in [5.74, 6) is -0.109. The van der Waals surface area contributed by atoms with Gasteiger partial charge in [-0.2, -0.15) is 0 Å². The van der Waals surface area contributed by atoms with Crippen LogP contribution < -0.4 is 0 Å². The summed E-state index contributed by atoms with van der Waals surface area (Å²) >= 11 is 0. The maximum atomic E-state index is 11.2. The quantitative estimate of drug-likeness (QED) is 0.636. The van der Waals surface area contributed by atoms with Gasteiger partial charge in [-0.3, -0.25) is 4.79 Å². The van der Waals surface area contributed by atoms with E-state index >= 15 is 0 Å². The molecule has 84 valence electrons. The molecule has 2 heteroatoms. The fraction of sp³-hybridized carbons (Fsp3) is 0.917. The molecule has 0 fully saturated rings. The van der Waals surface area contributed by atoms with E-state index in [0.29, 0.717) is 11.8 Å². The molecule has 0 N–H and O–H groups in total. The normalized spacial score (nSPS) is 12.7. The van der Waals surface area contributed by atoms with E-state index in [1.807, 2.05) is 0 Å². The molecule has 0 radical (unpaired) electrons. The first-order valence-electron chi connectivity index (χ1n) is 5.29. The van der Waals surface area contributed by atoms with Crippen molar-refractivity contribution in [3.63, 3.8) is 0 Å². The summed E-state index contributed by atoms with van der Waals surface area (Å²) in [5.41, 5.74) is 0.337. The predicted molar refractivity (Wildman–Crippen MR) is 59.1 cm³/mol. The largest absolute Gasteiger partial charge is 0.469 e. The van der Waals surface area contributed by atoms with E-state index in [-0.39, 0.29) is 11.4 Å². The maximum absolute atomic E-state index is 11.2. The van der Waals surface area contributed by atoms with E-state index in [9.17, 15) is 4.79 Å². The molecule has 0 saturated carbocycles. The molecule has 0 aliphatic heterocycles. The van der Waals surface area contributed by atoms with Gasteiger partial charge in [-0.15, -0.1) is 0 Å². The molecule has 0 amide bonds. The van der Waals surface area contributed by atoms with Gasteiger partial charge in [0.15, 0.2) is 0 Å². The van der Waals surface area contributed by atoms with Crippen LogP contribution in [0, 0.1) is 10.8 Å². The summed E-state index contributed by atoms with van der Waals surface area (Å²) in [5, 5.41) is 0. The van der Waals surface area contributed by atoms with Crippen LogP contribution in [0.25, 0.3) is 0 Å². The van der Waals surface area contributed by atoms with Gasteiger partial charge in [0.05, 0.1) is 13.5 Å². The molecular weight excluding hydrogens is 176 g/mol. The van der Waals surface area contributed by atoms with Crippen LogP contribution in [0.1, 0.15) is 53.9 Å². The second kappa shape index (κ2) is 4.81. The molecule has 0 rings (SSSR count). The number of esters is 1. The molecular formula is C12H24O2. The fourth-order valence-electron chi connectivity index (χ4n) is 1.95. The molecule has 14 heavy (non-hydrogen) atoms. The van der Waals surface area contributed by atoms with Crippen LogP contribution in [0.3, 0.4) is 0 Å². The monoisotopic (exact) mass is 200 g/mol. The van der Waals surface area contributed by atoms with Crippen molar-refractivity contribution >= 4 is 5.97 Å². The minimum atomic E-state index is -0.109. The third kappa shape index (κ3) is 5.25. The van der Waals surface area contributed by atoms with E-state index in [2.05, 4.69) is 34.6 Å². The van der Waals surface area contributed by atoms with Crippen molar-refractivity contribution < 1.29 is 9.53 Å². The molecule has 0 aromatic heterocycles. The summed E-state index contributed by atoms with van der Waals surface area (Å²) in [6.45, 7) is 10.9. The zero-order chi connectivity index (χ0) is 11.4. The summed E-state index contributed by atoms with van der Waals surface area (Å²) in [6, 6.07) is 0. The highest BCUT2D eigenvalue weighted by Crippen LogP contribution is 2.38. The number of rotatable bonds is 5. The highest BCUT2D eigenvalue weighted by atomic mass is 16.5. The van der Waals surface area contributed by atoms with Crippen molar-refractivity contribution in [2.24, 2.45) is 10.8 Å². The smallest absolute Gasteiger partial charge is 0.306 e. The maximum Gasteiger partial charge on any atom is 0.306 e. The van der Waals surface area contributed by atoms with Crippen molar-refractivity contribution in [1.29, 1.82) is 0 Å². The second-order valence-corrected chi connectivity index (χ2v) is 5.61. The predicted octanol–water partition coefficient (Wildman–Crippen LogP) is 3.40. The summed E-state index contributed by atoms with van der Waals surface area (Å²) in [6.07, 6.45) is 2.69. The van der Waals surface area contributed by atoms with Crippen molar-refractivity contribution in [2.75, 3.05) is 7.11 Å². The number of carbonyl (C=O) groups excluding carboxylic acids is 1. The van der Waals surface area contributed by atoms with Gasteiger partial charge < -0.3 is 4.74 Å². The Balaban J connectivity index is 4.26. The molecule has 0 unspecified atom stereocenters. The van der Waals surface area contributed by atoms with Crippen LogP contribution in [-0.2, 0) is 9.53 Å². The lowest BCUT2D eigenvalue weighted by molar-refractivity contribution is -0.143. The van der Waals surface area contributed by atoms with Crippen LogP contribution in [0.5, 0.6) is 0 Å². The van der Waals surface area contributed by atoms with Gasteiger partial charge in [0, 0.05) is 0 Å². The Morgan fingerprint density at radius 2 is 1.64 bits per heavy atom. The molecule has 2 nitrogen and oxygen atoms in total. The van der Waals surface area contributed by atoms with Crippen LogP contribution in [0.4, 0.5) is 0 Å². The molecule has 0 heterocycles. The van der Waals surface area contributed by atoms with E-state index in [4.69, 9.17) is 4.74 Å². The van der Waals surface area contributed by atoms with Crippen LogP contribution in [0.15, 0.2) is 0 Å². The molecule has 0 aromatic carbocycles. The van der Waals surface area contributed by atoms with E-state index in [1.54, 1.807) is 0 Å². The van der Waals surface area contributed by atoms with Gasteiger partial charge in [0.25, 0.3) is 0 Å². The number of carbonyl (C=O) groups is 1. The van der Waals surface area contributed by atoms with Crippen LogP contribution in [-0.4, -0.2) is 13.1 Å². The average Bonchev–Trinajstić information content (AvgIpc) is 2.01. The Kier molecular flexibility index (Phi) is 4.63. The van der Waals surface area contributed by atoms with Gasteiger partial charge in [-0.25, -0.2) is 0 Å². The summed E-state index contributed by atoms with van der Waals surface area (Å²) in [4.78, 5) is 11.2. The third-order valence-corrected chi connectivity index (χ3v) is 2.76.